The Labute approximate surface area is 198 Å². The van der Waals surface area contributed by atoms with E-state index in [0.29, 0.717) is 18.1 Å². The fourth-order valence-corrected chi connectivity index (χ4v) is 5.42. The molecule has 1 saturated heterocycles. The number of ether oxygens (including phenoxy) is 1. The van der Waals surface area contributed by atoms with Gasteiger partial charge in [0.2, 0.25) is 5.91 Å². The van der Waals surface area contributed by atoms with Gasteiger partial charge in [0.15, 0.2) is 0 Å². The van der Waals surface area contributed by atoms with Gasteiger partial charge in [-0.2, -0.15) is 0 Å². The van der Waals surface area contributed by atoms with E-state index in [2.05, 4.69) is 19.1 Å². The first-order valence-corrected chi connectivity index (χ1v) is 12.1. The number of imidazole rings is 1. The number of carbonyl (C=O) groups excluding carboxylic acids is 2. The maximum atomic E-state index is 13.5. The molecule has 1 atom stereocenters. The van der Waals surface area contributed by atoms with Crippen molar-refractivity contribution in [2.75, 3.05) is 7.11 Å². The van der Waals surface area contributed by atoms with Gasteiger partial charge in [0, 0.05) is 13.5 Å². The van der Waals surface area contributed by atoms with E-state index >= 15 is 0 Å². The van der Waals surface area contributed by atoms with Crippen LogP contribution in [0.2, 0.25) is 0 Å². The minimum absolute atomic E-state index is 0.183. The van der Waals surface area contributed by atoms with Crippen LogP contribution in [-0.2, 0) is 23.2 Å². The quantitative estimate of drug-likeness (QED) is 0.517. The lowest BCUT2D eigenvalue weighted by Gasteiger charge is -2.35. The number of imide groups is 1. The first kappa shape index (κ1) is 22.4. The van der Waals surface area contributed by atoms with Crippen molar-refractivity contribution in [1.29, 1.82) is 0 Å². The van der Waals surface area contributed by atoms with Crippen LogP contribution < -0.4 is 10.4 Å². The highest BCUT2D eigenvalue weighted by atomic mass is 16.5. The fraction of sp³-hybridized carbons (Fsp3) is 0.444. The third kappa shape index (κ3) is 3.73. The molecule has 3 aromatic rings. The van der Waals surface area contributed by atoms with Crippen molar-refractivity contribution in [1.82, 2.24) is 14.0 Å². The lowest BCUT2D eigenvalue weighted by atomic mass is 9.70. The van der Waals surface area contributed by atoms with Crippen LogP contribution in [0, 0.1) is 5.92 Å². The largest absolute Gasteiger partial charge is 0.497 e. The predicted octanol–water partition coefficient (Wildman–Crippen LogP) is 4.14. The van der Waals surface area contributed by atoms with Gasteiger partial charge in [-0.25, -0.2) is 4.79 Å². The molecule has 2 amide bonds. The summed E-state index contributed by atoms with van der Waals surface area (Å²) in [5.41, 5.74) is 3.47. The Morgan fingerprint density at radius 1 is 1.00 bits per heavy atom. The molecule has 2 aliphatic rings. The highest BCUT2D eigenvalue weighted by Crippen LogP contribution is 2.43. The van der Waals surface area contributed by atoms with E-state index in [1.807, 2.05) is 30.3 Å². The number of nitrogens with zero attached hydrogens (tertiary/aromatic N) is 3. The van der Waals surface area contributed by atoms with Crippen LogP contribution >= 0.6 is 0 Å². The number of hydrogen-bond acceptors (Lipinski definition) is 4. The van der Waals surface area contributed by atoms with Gasteiger partial charge in [-0.3, -0.25) is 23.6 Å². The molecule has 1 aliphatic heterocycles. The summed E-state index contributed by atoms with van der Waals surface area (Å²) in [5.74, 6) is 1.52. The van der Waals surface area contributed by atoms with Crippen LogP contribution in [-0.4, -0.2) is 33.0 Å². The maximum Gasteiger partial charge on any atom is 0.329 e. The van der Waals surface area contributed by atoms with Crippen molar-refractivity contribution < 1.29 is 14.3 Å². The van der Waals surface area contributed by atoms with Crippen molar-refractivity contribution in [2.24, 2.45) is 13.0 Å². The number of hydrogen-bond donors (Lipinski definition) is 0. The molecule has 0 bridgehead atoms. The number of benzene rings is 2. The van der Waals surface area contributed by atoms with Crippen LogP contribution in [0.25, 0.3) is 11.0 Å². The predicted molar refractivity (Wildman–Crippen MR) is 130 cm³/mol. The Balaban J connectivity index is 1.45. The lowest BCUT2D eigenvalue weighted by molar-refractivity contribution is -0.151. The SMILES string of the molecule is CC[C@H]1C[C@H](c2ccc3c(c2)n(C)c(=O)n3C2CCC(=O)N(Cc3ccc(OC)cc3)C2=O)C1. The normalized spacial score (nSPS) is 22.8. The molecule has 1 aliphatic carbocycles. The number of fused-ring (bicyclic) bond motifs is 1. The van der Waals surface area contributed by atoms with Gasteiger partial charge in [0.25, 0.3) is 5.91 Å². The first-order chi connectivity index (χ1) is 16.4. The van der Waals surface area contributed by atoms with Gasteiger partial charge in [-0.05, 0) is 66.5 Å². The lowest BCUT2D eigenvalue weighted by Crippen LogP contribution is -2.47. The van der Waals surface area contributed by atoms with Crippen LogP contribution in [0.15, 0.2) is 47.3 Å². The monoisotopic (exact) mass is 461 g/mol. The average Bonchev–Trinajstić information content (AvgIpc) is 3.06. The maximum absolute atomic E-state index is 13.5. The average molecular weight is 462 g/mol. The van der Waals surface area contributed by atoms with Gasteiger partial charge < -0.3 is 4.74 Å². The number of carbonyl (C=O) groups is 2. The number of amides is 2. The molecule has 5 rings (SSSR count). The molecule has 1 saturated carbocycles. The Morgan fingerprint density at radius 3 is 2.41 bits per heavy atom. The molecule has 2 aromatic carbocycles. The first-order valence-electron chi connectivity index (χ1n) is 12.1. The zero-order valence-corrected chi connectivity index (χ0v) is 20.0. The molecule has 0 spiro atoms. The van der Waals surface area contributed by atoms with E-state index in [1.165, 1.54) is 29.7 Å². The third-order valence-electron chi connectivity index (χ3n) is 7.69. The smallest absolute Gasteiger partial charge is 0.329 e. The molecule has 1 aromatic heterocycles. The second kappa shape index (κ2) is 8.78. The number of piperidine rings is 1. The topological polar surface area (TPSA) is 73.5 Å². The van der Waals surface area contributed by atoms with Gasteiger partial charge in [-0.1, -0.05) is 31.5 Å². The molecule has 0 radical (unpaired) electrons. The molecular formula is C27H31N3O4. The Bertz CT molecular complexity index is 1300. The number of aryl methyl sites for hydroxylation is 1. The summed E-state index contributed by atoms with van der Waals surface area (Å²) in [5, 5.41) is 0. The fourth-order valence-electron chi connectivity index (χ4n) is 5.42. The molecular weight excluding hydrogens is 430 g/mol. The molecule has 2 fully saturated rings. The number of aromatic nitrogens is 2. The number of likely N-dealkylation sites (tertiary alicyclic amines) is 1. The minimum Gasteiger partial charge on any atom is -0.497 e. The molecule has 178 valence electrons. The number of rotatable bonds is 6. The van der Waals surface area contributed by atoms with Crippen molar-refractivity contribution >= 4 is 22.8 Å². The summed E-state index contributed by atoms with van der Waals surface area (Å²) in [6.07, 6.45) is 4.16. The van der Waals surface area contributed by atoms with Crippen LogP contribution in [0.1, 0.15) is 62.1 Å². The second-order valence-electron chi connectivity index (χ2n) is 9.62. The molecule has 2 heterocycles. The molecule has 7 heteroatoms. The van der Waals surface area contributed by atoms with Crippen molar-refractivity contribution in [3.05, 3.63) is 64.1 Å². The van der Waals surface area contributed by atoms with E-state index in [9.17, 15) is 14.4 Å². The van der Waals surface area contributed by atoms with E-state index in [4.69, 9.17) is 4.74 Å². The Morgan fingerprint density at radius 2 is 1.74 bits per heavy atom. The van der Waals surface area contributed by atoms with E-state index in [-0.39, 0.29) is 30.5 Å². The Kier molecular flexibility index (Phi) is 5.80. The molecule has 0 N–H and O–H groups in total. The molecule has 1 unspecified atom stereocenters. The summed E-state index contributed by atoms with van der Waals surface area (Å²) in [6.45, 7) is 2.42. The van der Waals surface area contributed by atoms with Crippen molar-refractivity contribution in [3.63, 3.8) is 0 Å². The summed E-state index contributed by atoms with van der Waals surface area (Å²) >= 11 is 0. The van der Waals surface area contributed by atoms with Crippen LogP contribution in [0.5, 0.6) is 5.75 Å². The van der Waals surface area contributed by atoms with E-state index in [0.717, 1.165) is 22.5 Å². The van der Waals surface area contributed by atoms with Crippen molar-refractivity contribution in [2.45, 2.75) is 57.5 Å². The Hall–Kier alpha value is -3.35. The second-order valence-corrected chi connectivity index (χ2v) is 9.62. The molecule has 7 nitrogen and oxygen atoms in total. The summed E-state index contributed by atoms with van der Waals surface area (Å²) in [4.78, 5) is 40.7. The van der Waals surface area contributed by atoms with Gasteiger partial charge >= 0.3 is 5.69 Å². The zero-order chi connectivity index (χ0) is 24.0. The highest BCUT2D eigenvalue weighted by Gasteiger charge is 2.37. The summed E-state index contributed by atoms with van der Waals surface area (Å²) in [7, 11) is 3.35. The van der Waals surface area contributed by atoms with E-state index in [1.54, 1.807) is 23.3 Å². The third-order valence-corrected chi connectivity index (χ3v) is 7.69. The van der Waals surface area contributed by atoms with E-state index < -0.39 is 6.04 Å². The molecule has 34 heavy (non-hydrogen) atoms. The highest BCUT2D eigenvalue weighted by molar-refractivity contribution is 6.00. The van der Waals surface area contributed by atoms with Gasteiger partial charge in [0.05, 0.1) is 24.7 Å². The van der Waals surface area contributed by atoms with Crippen LogP contribution in [0.4, 0.5) is 0 Å². The van der Waals surface area contributed by atoms with Gasteiger partial charge in [0.1, 0.15) is 11.8 Å². The standard InChI is InChI=1S/C27H31N3O4/c1-4-17-13-20(14-17)19-7-10-22-24(15-19)28(2)27(33)30(22)23-11-12-25(31)29(26(23)32)16-18-5-8-21(34-3)9-6-18/h5-10,15,17,20,23H,4,11-14,16H2,1-3H3/t17-,20-,23?. The number of methoxy groups -OCH3 is 1. The summed E-state index contributed by atoms with van der Waals surface area (Å²) in [6, 6.07) is 12.8. The van der Waals surface area contributed by atoms with Crippen LogP contribution in [0.3, 0.4) is 0 Å². The van der Waals surface area contributed by atoms with Gasteiger partial charge in [-0.15, -0.1) is 0 Å². The van der Waals surface area contributed by atoms with Crippen molar-refractivity contribution in [3.8, 4) is 5.75 Å². The minimum atomic E-state index is -0.689. The zero-order valence-electron chi connectivity index (χ0n) is 20.0. The summed E-state index contributed by atoms with van der Waals surface area (Å²) < 4.78 is 8.41.